The number of rotatable bonds is 6. The molecule has 0 amide bonds. The molecule has 0 aliphatic rings. The summed E-state index contributed by atoms with van der Waals surface area (Å²) in [7, 11) is 0. The van der Waals surface area contributed by atoms with Crippen molar-refractivity contribution in [3.63, 3.8) is 0 Å². The van der Waals surface area contributed by atoms with Crippen molar-refractivity contribution in [1.29, 1.82) is 0 Å². The molecule has 0 fully saturated rings. The van der Waals surface area contributed by atoms with Gasteiger partial charge >= 0.3 is 0 Å². The summed E-state index contributed by atoms with van der Waals surface area (Å²) in [5, 5.41) is 9.74. The van der Waals surface area contributed by atoms with Crippen LogP contribution in [0.1, 0.15) is 0 Å². The molecule has 0 atom stereocenters. The number of fused-ring (bicyclic) bond motifs is 5. The second kappa shape index (κ2) is 12.9. The van der Waals surface area contributed by atoms with Gasteiger partial charge in [-0.3, -0.25) is 4.90 Å². The van der Waals surface area contributed by atoms with E-state index < -0.39 is 0 Å². The lowest BCUT2D eigenvalue weighted by Gasteiger charge is -2.29. The minimum atomic E-state index is 0.857. The van der Waals surface area contributed by atoms with E-state index in [4.69, 9.17) is 4.98 Å². The third kappa shape index (κ3) is 5.32. The molecule has 0 radical (unpaired) electrons. The van der Waals surface area contributed by atoms with E-state index in [0.717, 1.165) is 39.1 Å². The zero-order valence-corrected chi connectivity index (χ0v) is 29.0. The number of anilines is 3. The van der Waals surface area contributed by atoms with E-state index >= 15 is 0 Å². The lowest BCUT2D eigenvalue weighted by Crippen LogP contribution is -2.13. The Kier molecular flexibility index (Phi) is 7.51. The van der Waals surface area contributed by atoms with E-state index in [2.05, 4.69) is 199 Å². The SMILES string of the molecule is c1ccc(-c2cc(-c3ccccc3)cc(N(c3ccccn3)c3c4ccccc4c(-c4cc5ccccc5c5ccccc45)c4ccccc34)c2)cc1. The first kappa shape index (κ1) is 30.8. The van der Waals surface area contributed by atoms with Crippen LogP contribution in [0.2, 0.25) is 0 Å². The fourth-order valence-electron chi connectivity index (χ4n) is 8.09. The van der Waals surface area contributed by atoms with Crippen LogP contribution in [0.3, 0.4) is 0 Å². The Hall–Kier alpha value is -7.03. The first-order valence-electron chi connectivity index (χ1n) is 18.1. The Morgan fingerprint density at radius 3 is 1.42 bits per heavy atom. The smallest absolute Gasteiger partial charge is 0.137 e. The van der Waals surface area contributed by atoms with Crippen molar-refractivity contribution in [3.05, 3.63) is 206 Å². The maximum absolute atomic E-state index is 5.03. The number of pyridine rings is 1. The number of hydrogen-bond acceptors (Lipinski definition) is 2. The standard InChI is InChI=1S/C51H34N2/c1-3-17-35(18-4-1)38-31-39(36-19-5-2-6-20-36)33-40(32-38)53(49-29-15-16-30-52-49)51-46-27-13-11-25-44(46)50(45-26-12-14-28-47(45)51)48-34-37-21-7-8-22-41(37)42-23-9-10-24-43(42)48/h1-34H. The quantitative estimate of drug-likeness (QED) is 0.129. The Bertz CT molecular complexity index is 2820. The highest BCUT2D eigenvalue weighted by molar-refractivity contribution is 6.26. The summed E-state index contributed by atoms with van der Waals surface area (Å²) >= 11 is 0. The van der Waals surface area contributed by atoms with Crippen LogP contribution in [0.25, 0.3) is 76.5 Å². The molecule has 0 aliphatic heterocycles. The highest BCUT2D eigenvalue weighted by atomic mass is 15.2. The Balaban J connectivity index is 1.32. The van der Waals surface area contributed by atoms with Gasteiger partial charge in [0.15, 0.2) is 0 Å². The van der Waals surface area contributed by atoms with Crippen LogP contribution in [0, 0.1) is 0 Å². The van der Waals surface area contributed by atoms with Crippen molar-refractivity contribution < 1.29 is 0 Å². The maximum Gasteiger partial charge on any atom is 0.137 e. The molecule has 0 saturated carbocycles. The summed E-state index contributed by atoms with van der Waals surface area (Å²) in [6, 6.07) is 72.2. The number of aromatic nitrogens is 1. The highest BCUT2D eigenvalue weighted by Crippen LogP contribution is 2.50. The van der Waals surface area contributed by atoms with E-state index in [1.165, 1.54) is 54.6 Å². The lowest BCUT2D eigenvalue weighted by atomic mass is 9.86. The number of benzene rings is 9. The van der Waals surface area contributed by atoms with E-state index in [0.29, 0.717) is 0 Å². The fraction of sp³-hybridized carbons (Fsp3) is 0. The van der Waals surface area contributed by atoms with E-state index in [1.54, 1.807) is 0 Å². The summed E-state index contributed by atoms with van der Waals surface area (Å²) in [6.07, 6.45) is 1.89. The van der Waals surface area contributed by atoms with Crippen LogP contribution in [0.5, 0.6) is 0 Å². The predicted molar refractivity (Wildman–Crippen MR) is 225 cm³/mol. The second-order valence-electron chi connectivity index (χ2n) is 13.5. The van der Waals surface area contributed by atoms with Gasteiger partial charge in [-0.25, -0.2) is 4.98 Å². The molecule has 10 aromatic rings. The van der Waals surface area contributed by atoms with Gasteiger partial charge in [-0.15, -0.1) is 0 Å². The molecule has 1 aromatic heterocycles. The van der Waals surface area contributed by atoms with Gasteiger partial charge in [0.05, 0.1) is 5.69 Å². The van der Waals surface area contributed by atoms with Gasteiger partial charge in [0.25, 0.3) is 0 Å². The monoisotopic (exact) mass is 674 g/mol. The van der Waals surface area contributed by atoms with E-state index in [9.17, 15) is 0 Å². The lowest BCUT2D eigenvalue weighted by molar-refractivity contribution is 1.19. The maximum atomic E-state index is 5.03. The molecule has 2 heteroatoms. The molecular formula is C51H34N2. The molecule has 0 aliphatic carbocycles. The number of nitrogens with zero attached hydrogens (tertiary/aromatic N) is 2. The first-order chi connectivity index (χ1) is 26.3. The molecule has 9 aromatic carbocycles. The van der Waals surface area contributed by atoms with Crippen molar-refractivity contribution in [2.24, 2.45) is 0 Å². The average molecular weight is 675 g/mol. The molecule has 0 spiro atoms. The van der Waals surface area contributed by atoms with Crippen molar-refractivity contribution in [2.75, 3.05) is 4.90 Å². The van der Waals surface area contributed by atoms with Crippen molar-refractivity contribution >= 4 is 60.3 Å². The predicted octanol–water partition coefficient (Wildman–Crippen LogP) is 14.2. The molecule has 0 saturated heterocycles. The van der Waals surface area contributed by atoms with Gasteiger partial charge in [0.1, 0.15) is 5.82 Å². The van der Waals surface area contributed by atoms with Gasteiger partial charge in [-0.2, -0.15) is 0 Å². The number of hydrogen-bond donors (Lipinski definition) is 0. The Labute approximate surface area is 308 Å². The van der Waals surface area contributed by atoms with Crippen LogP contribution in [-0.2, 0) is 0 Å². The minimum Gasteiger partial charge on any atom is -0.294 e. The molecule has 0 bridgehead atoms. The van der Waals surface area contributed by atoms with E-state index in [1.807, 2.05) is 12.3 Å². The zero-order chi connectivity index (χ0) is 35.1. The largest absolute Gasteiger partial charge is 0.294 e. The van der Waals surface area contributed by atoms with Gasteiger partial charge in [-0.1, -0.05) is 164 Å². The molecule has 1 heterocycles. The third-order valence-corrected chi connectivity index (χ3v) is 10.4. The molecular weight excluding hydrogens is 641 g/mol. The van der Waals surface area contributed by atoms with Crippen LogP contribution in [0.15, 0.2) is 206 Å². The van der Waals surface area contributed by atoms with Crippen LogP contribution in [0.4, 0.5) is 17.2 Å². The molecule has 0 N–H and O–H groups in total. The zero-order valence-electron chi connectivity index (χ0n) is 29.0. The van der Waals surface area contributed by atoms with Gasteiger partial charge < -0.3 is 0 Å². The Morgan fingerprint density at radius 2 is 0.830 bits per heavy atom. The van der Waals surface area contributed by atoms with Gasteiger partial charge in [0.2, 0.25) is 0 Å². The summed E-state index contributed by atoms with van der Waals surface area (Å²) < 4.78 is 0. The summed E-state index contributed by atoms with van der Waals surface area (Å²) in [5.41, 5.74) is 9.26. The third-order valence-electron chi connectivity index (χ3n) is 10.4. The molecule has 248 valence electrons. The van der Waals surface area contributed by atoms with Gasteiger partial charge in [-0.05, 0) is 102 Å². The minimum absolute atomic E-state index is 0.857. The van der Waals surface area contributed by atoms with Crippen molar-refractivity contribution in [1.82, 2.24) is 4.98 Å². The average Bonchev–Trinajstić information content (AvgIpc) is 3.24. The highest BCUT2D eigenvalue weighted by Gasteiger charge is 2.24. The topological polar surface area (TPSA) is 16.1 Å². The normalized spacial score (nSPS) is 11.4. The van der Waals surface area contributed by atoms with Crippen LogP contribution < -0.4 is 4.90 Å². The molecule has 0 unspecified atom stereocenters. The van der Waals surface area contributed by atoms with Crippen molar-refractivity contribution in [2.45, 2.75) is 0 Å². The molecule has 10 rings (SSSR count). The molecule has 2 nitrogen and oxygen atoms in total. The van der Waals surface area contributed by atoms with Crippen molar-refractivity contribution in [3.8, 4) is 33.4 Å². The Morgan fingerprint density at radius 1 is 0.340 bits per heavy atom. The van der Waals surface area contributed by atoms with Gasteiger partial charge in [0, 0.05) is 22.7 Å². The molecule has 53 heavy (non-hydrogen) atoms. The van der Waals surface area contributed by atoms with Crippen LogP contribution in [-0.4, -0.2) is 4.98 Å². The van der Waals surface area contributed by atoms with Crippen LogP contribution >= 0.6 is 0 Å². The second-order valence-corrected chi connectivity index (χ2v) is 13.5. The fourth-order valence-corrected chi connectivity index (χ4v) is 8.09. The summed E-state index contributed by atoms with van der Waals surface area (Å²) in [5.74, 6) is 0.857. The summed E-state index contributed by atoms with van der Waals surface area (Å²) in [6.45, 7) is 0. The first-order valence-corrected chi connectivity index (χ1v) is 18.1. The van der Waals surface area contributed by atoms with E-state index in [-0.39, 0.29) is 0 Å². The summed E-state index contributed by atoms with van der Waals surface area (Å²) in [4.78, 5) is 7.40.